The molecule has 0 aromatic carbocycles. The summed E-state index contributed by atoms with van der Waals surface area (Å²) in [6, 6.07) is 0. The first kappa shape index (κ1) is 30.3. The van der Waals surface area contributed by atoms with Crippen LogP contribution in [-0.4, -0.2) is 49.6 Å². The van der Waals surface area contributed by atoms with Crippen molar-refractivity contribution in [2.75, 3.05) is 0 Å². The van der Waals surface area contributed by atoms with Gasteiger partial charge in [0.05, 0.1) is 17.8 Å². The molecule has 3 aliphatic carbocycles. The van der Waals surface area contributed by atoms with E-state index < -0.39 is 23.4 Å². The van der Waals surface area contributed by atoms with Gasteiger partial charge < -0.3 is 20.4 Å². The third-order valence-electron chi connectivity index (χ3n) is 9.66. The van der Waals surface area contributed by atoms with Crippen LogP contribution in [0.2, 0.25) is 0 Å². The molecular weight excluding hydrogens is 464 g/mol. The van der Waals surface area contributed by atoms with Gasteiger partial charge >= 0.3 is 0 Å². The van der Waals surface area contributed by atoms with Crippen LogP contribution in [0.4, 0.5) is 0 Å². The molecule has 6 atom stereocenters. The Morgan fingerprint density at radius 2 is 1.84 bits per heavy atom. The second kappa shape index (κ2) is 11.9. The zero-order chi connectivity index (χ0) is 27.6. The lowest BCUT2D eigenvalue weighted by atomic mass is 9.60. The highest BCUT2D eigenvalue weighted by molar-refractivity contribution is 5.86. The van der Waals surface area contributed by atoms with Crippen LogP contribution in [0.25, 0.3) is 0 Å². The van der Waals surface area contributed by atoms with Crippen molar-refractivity contribution >= 4 is 5.78 Å². The van der Waals surface area contributed by atoms with Crippen LogP contribution in [0.5, 0.6) is 0 Å². The van der Waals surface area contributed by atoms with E-state index in [1.54, 1.807) is 13.8 Å². The van der Waals surface area contributed by atoms with Crippen LogP contribution in [0.3, 0.4) is 0 Å². The van der Waals surface area contributed by atoms with Crippen molar-refractivity contribution < 1.29 is 25.2 Å². The lowest BCUT2D eigenvalue weighted by Crippen LogP contribution is -2.37. The standard InChI is InChI=1S/C32H52O5/c1-21-24(19-25(33)20-28(21)34)12-11-22-10-8-18-32(6)26(22)14-15-27(32)23(9-7-17-30(2,3)36)13-16-29(35)31(4,5)37/h11-12,23,25-28,33-34,36-37H,1,7-10,13-20H2,2-6H3/t23-,25?,26?,27?,28-,32-/m0/s1. The van der Waals surface area contributed by atoms with Crippen molar-refractivity contribution in [3.63, 3.8) is 0 Å². The van der Waals surface area contributed by atoms with Crippen molar-refractivity contribution in [1.29, 1.82) is 0 Å². The van der Waals surface area contributed by atoms with E-state index in [0.29, 0.717) is 37.0 Å². The lowest BCUT2D eigenvalue weighted by Gasteiger charge is -2.45. The number of fused-ring (bicyclic) bond motifs is 1. The quantitative estimate of drug-likeness (QED) is 0.294. The average Bonchev–Trinajstić information content (AvgIpc) is 3.13. The molecule has 0 spiro atoms. The SMILES string of the molecule is C=C1C(=CC=C2CCC[C@@]3(C)C2CCC3[C@@H](CCCC(C)(C)O)CCC(=O)C(C)(C)O)CC(O)C[C@@H]1O. The van der Waals surface area contributed by atoms with Gasteiger partial charge in [-0.2, -0.15) is 0 Å². The number of aliphatic hydroxyl groups is 4. The number of carbonyl (C=O) groups is 1. The number of ketones is 1. The topological polar surface area (TPSA) is 98.0 Å². The molecule has 37 heavy (non-hydrogen) atoms. The molecule has 0 saturated heterocycles. The van der Waals surface area contributed by atoms with Crippen LogP contribution in [-0.2, 0) is 4.79 Å². The van der Waals surface area contributed by atoms with Gasteiger partial charge in [0.1, 0.15) is 5.60 Å². The van der Waals surface area contributed by atoms with Gasteiger partial charge in [0.25, 0.3) is 0 Å². The Labute approximate surface area is 224 Å². The van der Waals surface area contributed by atoms with Crippen molar-refractivity contribution in [3.8, 4) is 0 Å². The summed E-state index contributed by atoms with van der Waals surface area (Å²) >= 11 is 0. The number of rotatable bonds is 10. The second-order valence-electron chi connectivity index (χ2n) is 13.6. The average molecular weight is 517 g/mol. The summed E-state index contributed by atoms with van der Waals surface area (Å²) in [5, 5.41) is 40.8. The minimum atomic E-state index is -1.29. The number of carbonyl (C=O) groups excluding carboxylic acids is 1. The normalized spacial score (nSPS) is 34.1. The van der Waals surface area contributed by atoms with E-state index in [9.17, 15) is 25.2 Å². The predicted molar refractivity (Wildman–Crippen MR) is 149 cm³/mol. The molecule has 5 heteroatoms. The number of allylic oxidation sites excluding steroid dienone is 3. The molecule has 3 unspecified atom stereocenters. The maximum absolute atomic E-state index is 12.6. The van der Waals surface area contributed by atoms with Crippen LogP contribution < -0.4 is 0 Å². The van der Waals surface area contributed by atoms with E-state index in [0.717, 1.165) is 62.5 Å². The summed E-state index contributed by atoms with van der Waals surface area (Å²) in [6.07, 6.45) is 13.6. The van der Waals surface area contributed by atoms with Gasteiger partial charge in [-0.3, -0.25) is 4.79 Å². The van der Waals surface area contributed by atoms with E-state index in [1.807, 2.05) is 13.8 Å². The third-order valence-corrected chi connectivity index (χ3v) is 9.66. The Kier molecular flexibility index (Phi) is 9.70. The van der Waals surface area contributed by atoms with Crippen molar-refractivity contribution in [1.82, 2.24) is 0 Å². The molecule has 4 N–H and O–H groups in total. The van der Waals surface area contributed by atoms with Gasteiger partial charge in [-0.25, -0.2) is 0 Å². The molecule has 0 amide bonds. The van der Waals surface area contributed by atoms with E-state index in [2.05, 4.69) is 25.7 Å². The number of hydrogen-bond donors (Lipinski definition) is 4. The molecule has 5 nitrogen and oxygen atoms in total. The molecule has 3 rings (SSSR count). The van der Waals surface area contributed by atoms with Crippen LogP contribution in [0, 0.1) is 23.2 Å². The Hall–Kier alpha value is -1.27. The fourth-order valence-corrected chi connectivity index (χ4v) is 7.48. The van der Waals surface area contributed by atoms with Gasteiger partial charge in [-0.1, -0.05) is 44.1 Å². The molecule has 210 valence electrons. The zero-order valence-electron chi connectivity index (χ0n) is 23.9. The van der Waals surface area contributed by atoms with Gasteiger partial charge in [0.2, 0.25) is 0 Å². The van der Waals surface area contributed by atoms with Gasteiger partial charge in [0, 0.05) is 12.8 Å². The molecule has 0 aromatic heterocycles. The molecule has 0 aromatic rings. The highest BCUT2D eigenvalue weighted by Crippen LogP contribution is 2.60. The van der Waals surface area contributed by atoms with Crippen LogP contribution >= 0.6 is 0 Å². The van der Waals surface area contributed by atoms with Crippen LogP contribution in [0.1, 0.15) is 112 Å². The van der Waals surface area contributed by atoms with E-state index >= 15 is 0 Å². The van der Waals surface area contributed by atoms with Gasteiger partial charge in [-0.15, -0.1) is 0 Å². The Bertz CT molecular complexity index is 886. The molecular formula is C32H52O5. The highest BCUT2D eigenvalue weighted by Gasteiger charge is 2.51. The predicted octanol–water partition coefficient (Wildman–Crippen LogP) is 5.81. The highest BCUT2D eigenvalue weighted by atomic mass is 16.3. The molecule has 3 fully saturated rings. The van der Waals surface area contributed by atoms with Crippen LogP contribution in [0.15, 0.2) is 35.5 Å². The zero-order valence-corrected chi connectivity index (χ0v) is 23.9. The summed E-state index contributed by atoms with van der Waals surface area (Å²) in [5.41, 5.74) is 1.34. The maximum atomic E-state index is 12.6. The summed E-state index contributed by atoms with van der Waals surface area (Å²) in [5.74, 6) is 1.31. The van der Waals surface area contributed by atoms with Crippen molar-refractivity contribution in [2.24, 2.45) is 23.2 Å². The molecule has 3 saturated carbocycles. The second-order valence-corrected chi connectivity index (χ2v) is 13.6. The number of Topliss-reactive ketones (excluding diaryl/α,β-unsaturated/α-hetero) is 1. The summed E-state index contributed by atoms with van der Waals surface area (Å²) < 4.78 is 0. The van der Waals surface area contributed by atoms with Crippen molar-refractivity contribution in [3.05, 3.63) is 35.5 Å². The van der Waals surface area contributed by atoms with E-state index in [-0.39, 0.29) is 11.2 Å². The van der Waals surface area contributed by atoms with E-state index in [4.69, 9.17) is 0 Å². The Morgan fingerprint density at radius 3 is 2.49 bits per heavy atom. The summed E-state index contributed by atoms with van der Waals surface area (Å²) in [4.78, 5) is 12.6. The minimum absolute atomic E-state index is 0.0902. The first-order valence-corrected chi connectivity index (χ1v) is 14.5. The Balaban J connectivity index is 1.79. The Morgan fingerprint density at radius 1 is 1.14 bits per heavy atom. The molecule has 0 heterocycles. The monoisotopic (exact) mass is 516 g/mol. The first-order chi connectivity index (χ1) is 17.1. The maximum Gasteiger partial charge on any atom is 0.163 e. The fraction of sp³-hybridized carbons (Fsp3) is 0.781. The number of hydrogen-bond acceptors (Lipinski definition) is 5. The molecule has 3 aliphatic rings. The number of aliphatic hydroxyl groups excluding tert-OH is 2. The fourth-order valence-electron chi connectivity index (χ4n) is 7.48. The smallest absolute Gasteiger partial charge is 0.163 e. The van der Waals surface area contributed by atoms with E-state index in [1.165, 1.54) is 12.0 Å². The third kappa shape index (κ3) is 7.65. The first-order valence-electron chi connectivity index (χ1n) is 14.5. The summed E-state index contributed by atoms with van der Waals surface area (Å²) in [7, 11) is 0. The van der Waals surface area contributed by atoms with Crippen molar-refractivity contribution in [2.45, 2.75) is 135 Å². The largest absolute Gasteiger partial charge is 0.393 e. The molecule has 0 aliphatic heterocycles. The lowest BCUT2D eigenvalue weighted by molar-refractivity contribution is -0.134. The van der Waals surface area contributed by atoms with Gasteiger partial charge in [-0.05, 0) is 113 Å². The minimum Gasteiger partial charge on any atom is -0.393 e. The molecule has 0 radical (unpaired) electrons. The molecule has 0 bridgehead atoms. The van der Waals surface area contributed by atoms with Gasteiger partial charge in [0.15, 0.2) is 5.78 Å². The summed E-state index contributed by atoms with van der Waals surface area (Å²) in [6.45, 7) is 13.4.